The van der Waals surface area contributed by atoms with Gasteiger partial charge in [-0.3, -0.25) is 10.1 Å². The average molecular weight is 281 g/mol. The summed E-state index contributed by atoms with van der Waals surface area (Å²) in [7, 11) is 2.13. The Balaban J connectivity index is 2.06. The molecular weight excluding hydrogens is 250 g/mol. The summed E-state index contributed by atoms with van der Waals surface area (Å²) >= 11 is 0. The van der Waals surface area contributed by atoms with Gasteiger partial charge in [0.05, 0.1) is 11.7 Å². The fourth-order valence-electron chi connectivity index (χ4n) is 3.45. The monoisotopic (exact) mass is 281 g/mol. The van der Waals surface area contributed by atoms with Crippen LogP contribution in [-0.4, -0.2) is 53.6 Å². The molecule has 0 radical (unpaired) electrons. The van der Waals surface area contributed by atoms with Crippen LogP contribution < -0.4 is 5.32 Å². The van der Waals surface area contributed by atoms with Crippen LogP contribution in [0.5, 0.6) is 0 Å². The lowest BCUT2D eigenvalue weighted by atomic mass is 9.98. The van der Waals surface area contributed by atoms with Crippen molar-refractivity contribution >= 4 is 5.91 Å². The Morgan fingerprint density at radius 3 is 2.40 bits per heavy atom. The molecule has 0 bridgehead atoms. The van der Waals surface area contributed by atoms with Gasteiger partial charge in [-0.15, -0.1) is 0 Å². The predicted molar refractivity (Wildman–Crippen MR) is 82.4 cm³/mol. The molecule has 2 rings (SSSR count). The fraction of sp³-hybridized carbons (Fsp3) is 0.938. The van der Waals surface area contributed by atoms with Crippen molar-refractivity contribution in [2.45, 2.75) is 71.1 Å². The highest BCUT2D eigenvalue weighted by molar-refractivity contribution is 5.89. The number of likely N-dealkylation sites (N-methyl/N-ethyl adjacent to an activating group) is 1. The molecule has 0 aromatic heterocycles. The van der Waals surface area contributed by atoms with E-state index in [-0.39, 0.29) is 11.7 Å². The Morgan fingerprint density at radius 1 is 1.30 bits per heavy atom. The number of nitrogens with one attached hydrogen (secondary N) is 1. The Labute approximate surface area is 123 Å². The van der Waals surface area contributed by atoms with Gasteiger partial charge in [0.15, 0.2) is 0 Å². The first-order valence-corrected chi connectivity index (χ1v) is 8.16. The molecule has 1 spiro atoms. The zero-order valence-corrected chi connectivity index (χ0v) is 13.8. The molecule has 1 atom stereocenters. The summed E-state index contributed by atoms with van der Waals surface area (Å²) in [6.45, 7) is 10.6. The van der Waals surface area contributed by atoms with Crippen LogP contribution in [-0.2, 0) is 4.79 Å². The zero-order valence-electron chi connectivity index (χ0n) is 13.8. The highest BCUT2D eigenvalue weighted by Gasteiger charge is 2.52. The minimum absolute atomic E-state index is 0.209. The maximum atomic E-state index is 12.9. The van der Waals surface area contributed by atoms with Gasteiger partial charge >= 0.3 is 0 Å². The molecule has 1 heterocycles. The molecule has 1 aliphatic heterocycles. The first-order chi connectivity index (χ1) is 9.37. The van der Waals surface area contributed by atoms with Crippen molar-refractivity contribution in [2.75, 3.05) is 20.1 Å². The molecule has 1 saturated heterocycles. The van der Waals surface area contributed by atoms with E-state index in [0.717, 1.165) is 25.9 Å². The van der Waals surface area contributed by atoms with Crippen LogP contribution in [0.3, 0.4) is 0 Å². The van der Waals surface area contributed by atoms with E-state index in [1.807, 2.05) is 0 Å². The molecule has 0 aromatic carbocycles. The second-order valence-electron chi connectivity index (χ2n) is 7.20. The lowest BCUT2D eigenvalue weighted by Crippen LogP contribution is -2.46. The van der Waals surface area contributed by atoms with Crippen LogP contribution in [0.15, 0.2) is 0 Å². The van der Waals surface area contributed by atoms with E-state index in [9.17, 15) is 4.79 Å². The van der Waals surface area contributed by atoms with Crippen molar-refractivity contribution in [2.24, 2.45) is 5.92 Å². The molecule has 2 aliphatic rings. The topological polar surface area (TPSA) is 35.6 Å². The Hall–Kier alpha value is -0.610. The van der Waals surface area contributed by atoms with Gasteiger partial charge in [0.1, 0.15) is 0 Å². The predicted octanol–water partition coefficient (Wildman–Crippen LogP) is 2.05. The van der Waals surface area contributed by atoms with Crippen molar-refractivity contribution in [3.63, 3.8) is 0 Å². The molecule has 4 heteroatoms. The summed E-state index contributed by atoms with van der Waals surface area (Å²) < 4.78 is 0. The van der Waals surface area contributed by atoms with Crippen molar-refractivity contribution < 1.29 is 4.79 Å². The Bertz CT molecular complexity index is 348. The fourth-order valence-corrected chi connectivity index (χ4v) is 3.45. The number of hydrogen-bond donors (Lipinski definition) is 1. The second kappa shape index (κ2) is 6.02. The van der Waals surface area contributed by atoms with Gasteiger partial charge in [-0.2, -0.15) is 0 Å². The van der Waals surface area contributed by atoms with E-state index >= 15 is 0 Å². The molecular formula is C16H31N3O. The van der Waals surface area contributed by atoms with Crippen molar-refractivity contribution in [3.8, 4) is 0 Å². The van der Waals surface area contributed by atoms with Crippen molar-refractivity contribution in [1.29, 1.82) is 0 Å². The SMILES string of the molecule is CC(C)C1NC2(CCCC2)C(=O)N1CCN(C)C(C)C. The van der Waals surface area contributed by atoms with E-state index in [2.05, 4.69) is 49.9 Å². The number of amides is 1. The smallest absolute Gasteiger partial charge is 0.244 e. The average Bonchev–Trinajstić information content (AvgIpc) is 2.95. The molecule has 20 heavy (non-hydrogen) atoms. The molecule has 4 nitrogen and oxygen atoms in total. The molecule has 1 unspecified atom stereocenters. The van der Waals surface area contributed by atoms with Crippen LogP contribution in [0.4, 0.5) is 0 Å². The zero-order chi connectivity index (χ0) is 14.9. The second-order valence-corrected chi connectivity index (χ2v) is 7.20. The maximum Gasteiger partial charge on any atom is 0.244 e. The highest BCUT2D eigenvalue weighted by atomic mass is 16.2. The molecule has 0 aromatic rings. The third-order valence-corrected chi connectivity index (χ3v) is 5.09. The summed E-state index contributed by atoms with van der Waals surface area (Å²) in [5.41, 5.74) is -0.231. The maximum absolute atomic E-state index is 12.9. The summed E-state index contributed by atoms with van der Waals surface area (Å²) in [5, 5.41) is 3.68. The van der Waals surface area contributed by atoms with Gasteiger partial charge < -0.3 is 9.80 Å². The van der Waals surface area contributed by atoms with Crippen LogP contribution in [0.1, 0.15) is 53.4 Å². The molecule has 1 aliphatic carbocycles. The lowest BCUT2D eigenvalue weighted by molar-refractivity contribution is -0.133. The highest BCUT2D eigenvalue weighted by Crippen LogP contribution is 2.37. The molecule has 2 fully saturated rings. The van der Waals surface area contributed by atoms with Crippen LogP contribution in [0, 0.1) is 5.92 Å². The van der Waals surface area contributed by atoms with Crippen molar-refractivity contribution in [3.05, 3.63) is 0 Å². The number of nitrogens with zero attached hydrogens (tertiary/aromatic N) is 2. The molecule has 116 valence electrons. The summed E-state index contributed by atoms with van der Waals surface area (Å²) in [6, 6.07) is 0.526. The molecule has 1 amide bonds. The lowest BCUT2D eigenvalue weighted by Gasteiger charge is -2.30. The van der Waals surface area contributed by atoms with E-state index in [4.69, 9.17) is 0 Å². The number of carbonyl (C=O) groups excluding carboxylic acids is 1. The van der Waals surface area contributed by atoms with E-state index in [0.29, 0.717) is 17.9 Å². The largest absolute Gasteiger partial charge is 0.324 e. The van der Waals surface area contributed by atoms with Crippen LogP contribution in [0.2, 0.25) is 0 Å². The summed E-state index contributed by atoms with van der Waals surface area (Å²) in [4.78, 5) is 17.3. The first kappa shape index (κ1) is 15.8. The Kier molecular flexibility index (Phi) is 4.75. The first-order valence-electron chi connectivity index (χ1n) is 8.16. The normalized spacial score (nSPS) is 25.9. The van der Waals surface area contributed by atoms with Gasteiger partial charge in [0.25, 0.3) is 0 Å². The van der Waals surface area contributed by atoms with E-state index < -0.39 is 0 Å². The van der Waals surface area contributed by atoms with E-state index in [1.54, 1.807) is 0 Å². The van der Waals surface area contributed by atoms with Crippen LogP contribution in [0.25, 0.3) is 0 Å². The van der Waals surface area contributed by atoms with Gasteiger partial charge in [-0.25, -0.2) is 0 Å². The van der Waals surface area contributed by atoms with Gasteiger partial charge in [0, 0.05) is 19.1 Å². The number of hydrogen-bond acceptors (Lipinski definition) is 3. The third kappa shape index (κ3) is 2.86. The van der Waals surface area contributed by atoms with Crippen molar-refractivity contribution in [1.82, 2.24) is 15.1 Å². The Morgan fingerprint density at radius 2 is 1.90 bits per heavy atom. The van der Waals surface area contributed by atoms with Gasteiger partial charge in [0.2, 0.25) is 5.91 Å². The standard InChI is InChI=1S/C16H31N3O/c1-12(2)14-17-16(8-6-7-9-16)15(20)19(14)11-10-18(5)13(3)4/h12-14,17H,6-11H2,1-5H3. The number of rotatable bonds is 5. The van der Waals surface area contributed by atoms with Gasteiger partial charge in [-0.05, 0) is 39.7 Å². The minimum atomic E-state index is -0.231. The summed E-state index contributed by atoms with van der Waals surface area (Å²) in [6.07, 6.45) is 4.62. The minimum Gasteiger partial charge on any atom is -0.324 e. The molecule has 1 saturated carbocycles. The number of carbonyl (C=O) groups is 1. The van der Waals surface area contributed by atoms with Crippen LogP contribution >= 0.6 is 0 Å². The van der Waals surface area contributed by atoms with Gasteiger partial charge in [-0.1, -0.05) is 26.7 Å². The van der Waals surface area contributed by atoms with E-state index in [1.165, 1.54) is 12.8 Å². The third-order valence-electron chi connectivity index (χ3n) is 5.09. The quantitative estimate of drug-likeness (QED) is 0.838. The summed E-state index contributed by atoms with van der Waals surface area (Å²) in [5.74, 6) is 0.814. The molecule has 1 N–H and O–H groups in total.